The number of piperidine rings is 1. The lowest BCUT2D eigenvalue weighted by atomic mass is 9.97. The van der Waals surface area contributed by atoms with Crippen molar-refractivity contribution >= 4 is 17.6 Å². The molecule has 1 aliphatic heterocycles. The van der Waals surface area contributed by atoms with Crippen molar-refractivity contribution in [3.8, 4) is 11.5 Å². The van der Waals surface area contributed by atoms with Gasteiger partial charge in [0.25, 0.3) is 11.6 Å². The lowest BCUT2D eigenvalue weighted by Gasteiger charge is -2.30. The number of hydrogen-bond donors (Lipinski definition) is 1. The quantitative estimate of drug-likeness (QED) is 0.598. The van der Waals surface area contributed by atoms with E-state index >= 15 is 0 Å². The van der Waals surface area contributed by atoms with E-state index in [2.05, 4.69) is 4.74 Å². The number of carboxylic acids is 1. The first-order valence-electron chi connectivity index (χ1n) is 7.58. The number of carbonyl (C=O) groups is 2. The largest absolute Gasteiger partial charge is 0.493 e. The molecule has 142 valence electrons. The van der Waals surface area contributed by atoms with Crippen LogP contribution in [0.5, 0.6) is 11.5 Å². The summed E-state index contributed by atoms with van der Waals surface area (Å²) in [5, 5.41) is 20.4. The Hall–Kier alpha value is -2.98. The first-order chi connectivity index (χ1) is 12.2. The van der Waals surface area contributed by atoms with Crippen LogP contribution in [0.2, 0.25) is 0 Å². The van der Waals surface area contributed by atoms with Gasteiger partial charge in [-0.3, -0.25) is 19.7 Å². The smallest absolute Gasteiger partial charge is 0.387 e. The number of ether oxygens (including phenoxy) is 2. The number of halogens is 2. The highest BCUT2D eigenvalue weighted by Gasteiger charge is 2.33. The average molecular weight is 374 g/mol. The van der Waals surface area contributed by atoms with Crippen LogP contribution in [-0.4, -0.2) is 53.6 Å². The number of aliphatic carboxylic acids is 1. The average Bonchev–Trinajstić information content (AvgIpc) is 2.60. The molecular weight excluding hydrogens is 358 g/mol. The second kappa shape index (κ2) is 7.93. The molecule has 1 fully saturated rings. The summed E-state index contributed by atoms with van der Waals surface area (Å²) in [6.07, 6.45) is 0.825. The molecule has 0 aliphatic carbocycles. The highest BCUT2D eigenvalue weighted by atomic mass is 19.3. The first kappa shape index (κ1) is 19.3. The van der Waals surface area contributed by atoms with E-state index in [9.17, 15) is 28.5 Å². The van der Waals surface area contributed by atoms with Crippen LogP contribution in [0.1, 0.15) is 23.2 Å². The summed E-state index contributed by atoms with van der Waals surface area (Å²) in [6.45, 7) is -3.09. The Morgan fingerprint density at radius 3 is 2.62 bits per heavy atom. The second-order valence-electron chi connectivity index (χ2n) is 5.58. The monoisotopic (exact) mass is 374 g/mol. The van der Waals surface area contributed by atoms with E-state index in [0.717, 1.165) is 13.2 Å². The third-order valence-electron chi connectivity index (χ3n) is 3.98. The summed E-state index contributed by atoms with van der Waals surface area (Å²) in [5.41, 5.74) is -1.12. The molecule has 2 rings (SSSR count). The number of carbonyl (C=O) groups excluding carboxylic acids is 1. The van der Waals surface area contributed by atoms with Gasteiger partial charge in [0.1, 0.15) is 5.56 Å². The molecule has 1 N–H and O–H groups in total. The molecule has 1 saturated heterocycles. The molecule has 26 heavy (non-hydrogen) atoms. The van der Waals surface area contributed by atoms with E-state index in [0.29, 0.717) is 18.9 Å². The standard InChI is InChI=1S/C15H16F2N2O7/c1-25-11-5-9(10(19(23)24)6-12(11)26-15(16)17)13(20)18-4-2-3-8(7-18)14(21)22/h5-6,8,15H,2-4,7H2,1H3,(H,21,22)/t8-/m0/s1. The zero-order valence-corrected chi connectivity index (χ0v) is 13.7. The molecule has 1 atom stereocenters. The van der Waals surface area contributed by atoms with Crippen molar-refractivity contribution in [2.24, 2.45) is 5.92 Å². The normalized spacial score (nSPS) is 17.1. The summed E-state index contributed by atoms with van der Waals surface area (Å²) in [7, 11) is 1.13. The lowest BCUT2D eigenvalue weighted by molar-refractivity contribution is -0.385. The minimum atomic E-state index is -3.23. The van der Waals surface area contributed by atoms with Gasteiger partial charge < -0.3 is 19.5 Å². The van der Waals surface area contributed by atoms with Gasteiger partial charge in [0.2, 0.25) is 0 Å². The van der Waals surface area contributed by atoms with Crippen LogP contribution in [0.3, 0.4) is 0 Å². The number of alkyl halides is 2. The van der Waals surface area contributed by atoms with Crippen molar-refractivity contribution in [1.82, 2.24) is 4.90 Å². The number of likely N-dealkylation sites (tertiary alicyclic amines) is 1. The summed E-state index contributed by atoms with van der Waals surface area (Å²) in [6, 6.07) is 1.64. The SMILES string of the molecule is COc1cc(C(=O)N2CCC[C@H](C(=O)O)C2)c([N+](=O)[O-])cc1OC(F)F. The van der Waals surface area contributed by atoms with Gasteiger partial charge in [-0.05, 0) is 12.8 Å². The van der Waals surface area contributed by atoms with E-state index < -0.39 is 40.8 Å². The number of carboxylic acid groups (broad SMARTS) is 1. The molecule has 0 aromatic heterocycles. The molecule has 1 amide bonds. The van der Waals surface area contributed by atoms with Crippen molar-refractivity contribution < 1.29 is 37.9 Å². The fourth-order valence-electron chi connectivity index (χ4n) is 2.75. The molecular formula is C15H16F2N2O7. The van der Waals surface area contributed by atoms with Gasteiger partial charge in [-0.25, -0.2) is 0 Å². The Balaban J connectivity index is 2.41. The molecule has 0 bridgehead atoms. The van der Waals surface area contributed by atoms with Gasteiger partial charge in [0.15, 0.2) is 11.5 Å². The predicted molar refractivity (Wildman–Crippen MR) is 82.5 cm³/mol. The Morgan fingerprint density at radius 2 is 2.08 bits per heavy atom. The van der Waals surface area contributed by atoms with E-state index in [1.807, 2.05) is 0 Å². The minimum absolute atomic E-state index is 0.0943. The number of rotatable bonds is 6. The molecule has 0 radical (unpaired) electrons. The molecule has 9 nitrogen and oxygen atoms in total. The van der Waals surface area contributed by atoms with Crippen molar-refractivity contribution in [1.29, 1.82) is 0 Å². The van der Waals surface area contributed by atoms with Crippen molar-refractivity contribution in [3.05, 3.63) is 27.8 Å². The van der Waals surface area contributed by atoms with Crippen LogP contribution in [-0.2, 0) is 4.79 Å². The molecule has 0 unspecified atom stereocenters. The van der Waals surface area contributed by atoms with Crippen LogP contribution >= 0.6 is 0 Å². The zero-order chi connectivity index (χ0) is 19.4. The summed E-state index contributed by atoms with van der Waals surface area (Å²) in [5.74, 6) is -3.45. The molecule has 1 aliphatic rings. The zero-order valence-electron chi connectivity index (χ0n) is 13.7. The van der Waals surface area contributed by atoms with Gasteiger partial charge in [0.05, 0.1) is 24.0 Å². The van der Waals surface area contributed by atoms with Gasteiger partial charge in [-0.1, -0.05) is 0 Å². The number of benzene rings is 1. The Bertz CT molecular complexity index is 726. The van der Waals surface area contributed by atoms with Gasteiger partial charge in [-0.15, -0.1) is 0 Å². The van der Waals surface area contributed by atoms with E-state index in [-0.39, 0.29) is 24.4 Å². The highest BCUT2D eigenvalue weighted by molar-refractivity contribution is 5.99. The van der Waals surface area contributed by atoms with E-state index in [4.69, 9.17) is 9.84 Å². The van der Waals surface area contributed by atoms with Gasteiger partial charge in [-0.2, -0.15) is 8.78 Å². The summed E-state index contributed by atoms with van der Waals surface area (Å²) >= 11 is 0. The van der Waals surface area contributed by atoms with Crippen LogP contribution < -0.4 is 9.47 Å². The molecule has 1 aromatic rings. The predicted octanol–water partition coefficient (Wildman–Crippen LogP) is 2.14. The number of amides is 1. The van der Waals surface area contributed by atoms with Crippen LogP contribution in [0.15, 0.2) is 12.1 Å². The number of nitrogens with zero attached hydrogens (tertiary/aromatic N) is 2. The fraction of sp³-hybridized carbons (Fsp3) is 0.467. The molecule has 0 spiro atoms. The van der Waals surface area contributed by atoms with Crippen LogP contribution in [0, 0.1) is 16.0 Å². The maximum atomic E-state index is 12.7. The first-order valence-corrected chi connectivity index (χ1v) is 7.58. The number of hydrogen-bond acceptors (Lipinski definition) is 6. The summed E-state index contributed by atoms with van der Waals surface area (Å²) in [4.78, 5) is 35.4. The van der Waals surface area contributed by atoms with Crippen molar-refractivity contribution in [3.63, 3.8) is 0 Å². The molecule has 1 aromatic carbocycles. The van der Waals surface area contributed by atoms with Crippen LogP contribution in [0.4, 0.5) is 14.5 Å². The molecule has 0 saturated carbocycles. The fourth-order valence-corrected chi connectivity index (χ4v) is 2.75. The Labute approximate surface area is 146 Å². The molecule has 11 heteroatoms. The highest BCUT2D eigenvalue weighted by Crippen LogP contribution is 2.36. The second-order valence-corrected chi connectivity index (χ2v) is 5.58. The minimum Gasteiger partial charge on any atom is -0.493 e. The van der Waals surface area contributed by atoms with Gasteiger partial charge in [0, 0.05) is 19.2 Å². The van der Waals surface area contributed by atoms with E-state index in [1.54, 1.807) is 0 Å². The van der Waals surface area contributed by atoms with Crippen molar-refractivity contribution in [2.45, 2.75) is 19.5 Å². The topological polar surface area (TPSA) is 119 Å². The number of nitro groups is 1. The van der Waals surface area contributed by atoms with E-state index in [1.165, 1.54) is 4.90 Å². The maximum absolute atomic E-state index is 12.7. The number of nitro benzene ring substituents is 1. The lowest BCUT2D eigenvalue weighted by Crippen LogP contribution is -2.42. The van der Waals surface area contributed by atoms with Gasteiger partial charge >= 0.3 is 12.6 Å². The summed E-state index contributed by atoms with van der Waals surface area (Å²) < 4.78 is 34.0. The van der Waals surface area contributed by atoms with Crippen molar-refractivity contribution in [2.75, 3.05) is 20.2 Å². The maximum Gasteiger partial charge on any atom is 0.387 e. The Kier molecular flexibility index (Phi) is 5.90. The third kappa shape index (κ3) is 4.16. The third-order valence-corrected chi connectivity index (χ3v) is 3.98. The Morgan fingerprint density at radius 1 is 1.38 bits per heavy atom. The molecule has 1 heterocycles. The van der Waals surface area contributed by atoms with Crippen LogP contribution in [0.25, 0.3) is 0 Å². The number of methoxy groups -OCH3 is 1.